The van der Waals surface area contributed by atoms with Crippen LogP contribution >= 0.6 is 0 Å². The van der Waals surface area contributed by atoms with Gasteiger partial charge in [-0.25, -0.2) is 0 Å². The molecular weight excluding hydrogens is 334 g/mol. The number of Topliss-reactive ketones (excluding diaryl/α,β-unsaturated/α-hetero) is 1. The molecule has 0 saturated carbocycles. The van der Waals surface area contributed by atoms with Crippen LogP contribution in [0.3, 0.4) is 0 Å². The number of fused-ring (bicyclic) bond motifs is 1. The zero-order chi connectivity index (χ0) is 18.4. The van der Waals surface area contributed by atoms with Gasteiger partial charge in [0.2, 0.25) is 0 Å². The first-order valence-electron chi connectivity index (χ1n) is 8.51. The van der Waals surface area contributed by atoms with E-state index in [0.717, 1.165) is 5.56 Å². The van der Waals surface area contributed by atoms with Crippen molar-refractivity contribution in [1.29, 1.82) is 0 Å². The summed E-state index contributed by atoms with van der Waals surface area (Å²) >= 11 is 0. The third kappa shape index (κ3) is 4.99. The van der Waals surface area contributed by atoms with Gasteiger partial charge in [0.1, 0.15) is 24.7 Å². The second-order valence-electron chi connectivity index (χ2n) is 6.04. The highest BCUT2D eigenvalue weighted by Crippen LogP contribution is 2.32. The minimum atomic E-state index is -0.262. The molecule has 0 radical (unpaired) electrons. The smallest absolute Gasteiger partial charge is 0.262 e. The van der Waals surface area contributed by atoms with E-state index in [-0.39, 0.29) is 18.3 Å². The monoisotopic (exact) mass is 355 g/mol. The zero-order valence-electron chi connectivity index (χ0n) is 14.6. The standard InChI is InChI=1S/C20H21NO5/c1-14(22)2-3-15-4-7-17(8-5-15)26-13-20(23)21-16-6-9-18-19(12-16)25-11-10-24-18/h4-9,12H,2-3,10-11,13H2,1H3,(H,21,23). The number of amides is 1. The van der Waals surface area contributed by atoms with Crippen molar-refractivity contribution in [2.24, 2.45) is 0 Å². The third-order valence-electron chi connectivity index (χ3n) is 3.88. The third-order valence-corrected chi connectivity index (χ3v) is 3.88. The van der Waals surface area contributed by atoms with E-state index >= 15 is 0 Å². The van der Waals surface area contributed by atoms with Gasteiger partial charge < -0.3 is 24.3 Å². The number of hydrogen-bond donors (Lipinski definition) is 1. The van der Waals surface area contributed by atoms with Gasteiger partial charge in [-0.2, -0.15) is 0 Å². The van der Waals surface area contributed by atoms with Crippen molar-refractivity contribution in [3.8, 4) is 17.2 Å². The van der Waals surface area contributed by atoms with Crippen LogP contribution in [0.2, 0.25) is 0 Å². The summed E-state index contributed by atoms with van der Waals surface area (Å²) in [7, 11) is 0. The summed E-state index contributed by atoms with van der Waals surface area (Å²) in [6.07, 6.45) is 1.23. The Hall–Kier alpha value is -3.02. The van der Waals surface area contributed by atoms with Gasteiger partial charge in [0.05, 0.1) is 0 Å². The molecule has 1 heterocycles. The summed E-state index contributed by atoms with van der Waals surface area (Å²) < 4.78 is 16.4. The number of ketones is 1. The topological polar surface area (TPSA) is 73.9 Å². The molecule has 0 atom stereocenters. The maximum atomic E-state index is 12.1. The minimum absolute atomic E-state index is 0.0960. The van der Waals surface area contributed by atoms with Crippen molar-refractivity contribution in [1.82, 2.24) is 0 Å². The summed E-state index contributed by atoms with van der Waals surface area (Å²) in [5, 5.41) is 2.77. The molecule has 2 aromatic rings. The lowest BCUT2D eigenvalue weighted by Crippen LogP contribution is -2.20. The van der Waals surface area contributed by atoms with Gasteiger partial charge in [-0.15, -0.1) is 0 Å². The van der Waals surface area contributed by atoms with Crippen molar-refractivity contribution in [2.75, 3.05) is 25.1 Å². The highest BCUT2D eigenvalue weighted by Gasteiger charge is 2.13. The molecule has 1 amide bonds. The van der Waals surface area contributed by atoms with E-state index in [2.05, 4.69) is 5.32 Å². The predicted molar refractivity (Wildman–Crippen MR) is 97.0 cm³/mol. The first kappa shape index (κ1) is 17.8. The average molecular weight is 355 g/mol. The molecule has 6 nitrogen and oxygen atoms in total. The SMILES string of the molecule is CC(=O)CCc1ccc(OCC(=O)Nc2ccc3c(c2)OCCO3)cc1. The number of carbonyl (C=O) groups is 2. The van der Waals surface area contributed by atoms with Crippen LogP contribution in [0.15, 0.2) is 42.5 Å². The highest BCUT2D eigenvalue weighted by molar-refractivity contribution is 5.92. The fraction of sp³-hybridized carbons (Fsp3) is 0.300. The van der Waals surface area contributed by atoms with E-state index in [1.807, 2.05) is 12.1 Å². The molecule has 6 heteroatoms. The first-order chi connectivity index (χ1) is 12.6. The lowest BCUT2D eigenvalue weighted by Gasteiger charge is -2.19. The molecule has 0 bridgehead atoms. The van der Waals surface area contributed by atoms with Gasteiger partial charge in [-0.1, -0.05) is 12.1 Å². The van der Waals surface area contributed by atoms with Gasteiger partial charge in [0.25, 0.3) is 5.91 Å². The van der Waals surface area contributed by atoms with Crippen LogP contribution in [0, 0.1) is 0 Å². The Morgan fingerprint density at radius 1 is 1.04 bits per heavy atom. The fourth-order valence-corrected chi connectivity index (χ4v) is 2.54. The molecule has 2 aromatic carbocycles. The zero-order valence-corrected chi connectivity index (χ0v) is 14.6. The molecule has 26 heavy (non-hydrogen) atoms. The molecule has 1 aliphatic heterocycles. The van der Waals surface area contributed by atoms with Crippen LogP contribution < -0.4 is 19.5 Å². The Bertz CT molecular complexity index is 785. The number of rotatable bonds is 7. The van der Waals surface area contributed by atoms with E-state index in [0.29, 0.717) is 49.0 Å². The maximum Gasteiger partial charge on any atom is 0.262 e. The molecule has 1 N–H and O–H groups in total. The number of anilines is 1. The normalized spacial score (nSPS) is 12.3. The number of aryl methyl sites for hydroxylation is 1. The van der Waals surface area contributed by atoms with Gasteiger partial charge in [0.15, 0.2) is 18.1 Å². The quantitative estimate of drug-likeness (QED) is 0.826. The lowest BCUT2D eigenvalue weighted by atomic mass is 10.1. The Balaban J connectivity index is 1.48. The summed E-state index contributed by atoms with van der Waals surface area (Å²) in [5.74, 6) is 1.81. The second kappa shape index (κ2) is 8.38. The molecule has 0 unspecified atom stereocenters. The fourth-order valence-electron chi connectivity index (χ4n) is 2.54. The molecule has 136 valence electrons. The van der Waals surface area contributed by atoms with Gasteiger partial charge in [-0.05, 0) is 43.2 Å². The predicted octanol–water partition coefficient (Wildman–Crippen LogP) is 3.00. The highest BCUT2D eigenvalue weighted by atomic mass is 16.6. The van der Waals surface area contributed by atoms with E-state index in [4.69, 9.17) is 14.2 Å². The van der Waals surface area contributed by atoms with E-state index in [1.54, 1.807) is 37.3 Å². The summed E-state index contributed by atoms with van der Waals surface area (Å²) in [6.45, 7) is 2.51. The Kier molecular flexibility index (Phi) is 5.73. The van der Waals surface area contributed by atoms with Crippen LogP contribution in [-0.2, 0) is 16.0 Å². The molecule has 0 spiro atoms. The molecule has 0 aromatic heterocycles. The Labute approximate surface area is 152 Å². The number of carbonyl (C=O) groups excluding carboxylic acids is 2. The number of benzene rings is 2. The number of ether oxygens (including phenoxy) is 3. The van der Waals surface area contributed by atoms with Crippen molar-refractivity contribution in [2.45, 2.75) is 19.8 Å². The van der Waals surface area contributed by atoms with Crippen molar-refractivity contribution in [3.05, 3.63) is 48.0 Å². The molecule has 0 fully saturated rings. The molecule has 3 rings (SSSR count). The van der Waals surface area contributed by atoms with Crippen LogP contribution in [0.4, 0.5) is 5.69 Å². The van der Waals surface area contributed by atoms with Gasteiger partial charge in [0, 0.05) is 18.2 Å². The lowest BCUT2D eigenvalue weighted by molar-refractivity contribution is -0.118. The first-order valence-corrected chi connectivity index (χ1v) is 8.51. The Morgan fingerprint density at radius 2 is 1.77 bits per heavy atom. The average Bonchev–Trinajstić information content (AvgIpc) is 2.65. The van der Waals surface area contributed by atoms with E-state index < -0.39 is 0 Å². The summed E-state index contributed by atoms with van der Waals surface area (Å²) in [5.41, 5.74) is 1.69. The van der Waals surface area contributed by atoms with Gasteiger partial charge in [-0.3, -0.25) is 4.79 Å². The Morgan fingerprint density at radius 3 is 2.50 bits per heavy atom. The largest absolute Gasteiger partial charge is 0.486 e. The summed E-state index contributed by atoms with van der Waals surface area (Å²) in [6, 6.07) is 12.7. The van der Waals surface area contributed by atoms with Crippen LogP contribution in [0.5, 0.6) is 17.2 Å². The van der Waals surface area contributed by atoms with Crippen molar-refractivity contribution >= 4 is 17.4 Å². The summed E-state index contributed by atoms with van der Waals surface area (Å²) in [4.78, 5) is 23.1. The van der Waals surface area contributed by atoms with Crippen LogP contribution in [0.1, 0.15) is 18.9 Å². The molecule has 0 aliphatic carbocycles. The van der Waals surface area contributed by atoms with Crippen molar-refractivity contribution < 1.29 is 23.8 Å². The number of nitrogens with one attached hydrogen (secondary N) is 1. The number of hydrogen-bond acceptors (Lipinski definition) is 5. The molecule has 1 aliphatic rings. The van der Waals surface area contributed by atoms with Crippen LogP contribution in [-0.4, -0.2) is 31.5 Å². The van der Waals surface area contributed by atoms with Gasteiger partial charge >= 0.3 is 0 Å². The minimum Gasteiger partial charge on any atom is -0.486 e. The molecular formula is C20H21NO5. The van der Waals surface area contributed by atoms with Crippen molar-refractivity contribution in [3.63, 3.8) is 0 Å². The van der Waals surface area contributed by atoms with E-state index in [1.165, 1.54) is 0 Å². The van der Waals surface area contributed by atoms with Crippen LogP contribution in [0.25, 0.3) is 0 Å². The van der Waals surface area contributed by atoms with E-state index in [9.17, 15) is 9.59 Å². The molecule has 0 saturated heterocycles. The second-order valence-corrected chi connectivity index (χ2v) is 6.04. The maximum absolute atomic E-state index is 12.1.